The minimum atomic E-state index is -0.00265. The number of hydrogen-bond donors (Lipinski definition) is 3. The third-order valence-electron chi connectivity index (χ3n) is 4.35. The molecule has 0 bridgehead atoms. The van der Waals surface area contributed by atoms with E-state index in [1.54, 1.807) is 0 Å². The maximum Gasteiger partial charge on any atom is 0.223 e. The van der Waals surface area contributed by atoms with Gasteiger partial charge in [0, 0.05) is 24.9 Å². The second kappa shape index (κ2) is 5.90. The highest BCUT2D eigenvalue weighted by Crippen LogP contribution is 2.58. The van der Waals surface area contributed by atoms with Crippen LogP contribution in [0.1, 0.15) is 33.1 Å². The molecular weight excluding hydrogens is 242 g/mol. The molecule has 1 aliphatic heterocycles. The van der Waals surface area contributed by atoms with Gasteiger partial charge < -0.3 is 16.0 Å². The van der Waals surface area contributed by atoms with Gasteiger partial charge in [-0.2, -0.15) is 0 Å². The Morgan fingerprint density at radius 2 is 1.84 bits per heavy atom. The van der Waals surface area contributed by atoms with Crippen molar-refractivity contribution in [2.75, 3.05) is 26.2 Å². The third kappa shape index (κ3) is 3.47. The first-order chi connectivity index (χ1) is 9.05. The fourth-order valence-electron chi connectivity index (χ4n) is 2.89. The van der Waals surface area contributed by atoms with E-state index in [9.17, 15) is 9.59 Å². The topological polar surface area (TPSA) is 70.2 Å². The van der Waals surface area contributed by atoms with Crippen LogP contribution in [0.3, 0.4) is 0 Å². The van der Waals surface area contributed by atoms with Crippen LogP contribution in [-0.2, 0) is 9.59 Å². The van der Waals surface area contributed by atoms with E-state index < -0.39 is 0 Å². The summed E-state index contributed by atoms with van der Waals surface area (Å²) in [5, 5.41) is 9.08. The van der Waals surface area contributed by atoms with Gasteiger partial charge in [0.2, 0.25) is 11.8 Å². The molecule has 2 fully saturated rings. The SMILES string of the molecule is CC(C)C(=O)NCCNC(=O)C1CC12CCNCC2. The summed E-state index contributed by atoms with van der Waals surface area (Å²) >= 11 is 0. The standard InChI is InChI=1S/C14H25N3O2/c1-10(2)12(18)16-7-8-17-13(19)11-9-14(11)3-5-15-6-4-14/h10-11,15H,3-9H2,1-2H3,(H,16,18)(H,17,19). The summed E-state index contributed by atoms with van der Waals surface area (Å²) in [5.74, 6) is 0.406. The zero-order valence-corrected chi connectivity index (χ0v) is 11.9. The Labute approximate surface area is 114 Å². The highest BCUT2D eigenvalue weighted by atomic mass is 16.2. The molecule has 1 unspecified atom stereocenters. The van der Waals surface area contributed by atoms with Gasteiger partial charge in [0.05, 0.1) is 0 Å². The molecule has 1 spiro atoms. The van der Waals surface area contributed by atoms with Crippen LogP contribution in [-0.4, -0.2) is 38.0 Å². The van der Waals surface area contributed by atoms with Gasteiger partial charge in [-0.15, -0.1) is 0 Å². The number of rotatable bonds is 5. The third-order valence-corrected chi connectivity index (χ3v) is 4.35. The van der Waals surface area contributed by atoms with Crippen LogP contribution in [0.15, 0.2) is 0 Å². The van der Waals surface area contributed by atoms with Crippen LogP contribution in [0.4, 0.5) is 0 Å². The van der Waals surface area contributed by atoms with E-state index in [-0.39, 0.29) is 29.1 Å². The largest absolute Gasteiger partial charge is 0.354 e. The summed E-state index contributed by atoms with van der Waals surface area (Å²) in [6.07, 6.45) is 3.28. The van der Waals surface area contributed by atoms with Crippen LogP contribution in [0.5, 0.6) is 0 Å². The highest BCUT2D eigenvalue weighted by molar-refractivity contribution is 5.82. The number of piperidine rings is 1. The lowest BCUT2D eigenvalue weighted by Gasteiger charge is -2.23. The van der Waals surface area contributed by atoms with E-state index in [1.165, 1.54) is 0 Å². The first-order valence-corrected chi connectivity index (χ1v) is 7.31. The fourth-order valence-corrected chi connectivity index (χ4v) is 2.89. The summed E-state index contributed by atoms with van der Waals surface area (Å²) in [7, 11) is 0. The van der Waals surface area contributed by atoms with Gasteiger partial charge in [-0.1, -0.05) is 13.8 Å². The first-order valence-electron chi connectivity index (χ1n) is 7.31. The molecule has 1 saturated carbocycles. The van der Waals surface area contributed by atoms with E-state index in [0.717, 1.165) is 32.4 Å². The van der Waals surface area contributed by atoms with Crippen LogP contribution < -0.4 is 16.0 Å². The summed E-state index contributed by atoms with van der Waals surface area (Å²) < 4.78 is 0. The van der Waals surface area contributed by atoms with E-state index in [0.29, 0.717) is 13.1 Å². The number of carbonyl (C=O) groups excluding carboxylic acids is 2. The van der Waals surface area contributed by atoms with Crippen molar-refractivity contribution in [2.24, 2.45) is 17.3 Å². The Balaban J connectivity index is 1.62. The smallest absolute Gasteiger partial charge is 0.223 e. The van der Waals surface area contributed by atoms with Crippen LogP contribution in [0.25, 0.3) is 0 Å². The number of hydrogen-bond acceptors (Lipinski definition) is 3. The molecule has 108 valence electrons. The van der Waals surface area contributed by atoms with Crippen LogP contribution in [0, 0.1) is 17.3 Å². The Bertz CT molecular complexity index is 349. The van der Waals surface area contributed by atoms with Gasteiger partial charge >= 0.3 is 0 Å². The van der Waals surface area contributed by atoms with Crippen LogP contribution in [0.2, 0.25) is 0 Å². The summed E-state index contributed by atoms with van der Waals surface area (Å²) in [6.45, 7) is 6.84. The minimum absolute atomic E-state index is 0.00265. The Morgan fingerprint density at radius 3 is 2.47 bits per heavy atom. The summed E-state index contributed by atoms with van der Waals surface area (Å²) in [4.78, 5) is 23.4. The van der Waals surface area contributed by atoms with Crippen molar-refractivity contribution in [2.45, 2.75) is 33.1 Å². The lowest BCUT2D eigenvalue weighted by Crippen LogP contribution is -2.38. The summed E-state index contributed by atoms with van der Waals surface area (Å²) in [6, 6.07) is 0. The van der Waals surface area contributed by atoms with Crippen molar-refractivity contribution in [1.29, 1.82) is 0 Å². The molecule has 5 nitrogen and oxygen atoms in total. The average Bonchev–Trinajstić information content (AvgIpc) is 3.08. The normalized spacial score (nSPS) is 24.3. The van der Waals surface area contributed by atoms with Crippen molar-refractivity contribution in [3.8, 4) is 0 Å². The van der Waals surface area contributed by atoms with E-state index in [2.05, 4.69) is 16.0 Å². The van der Waals surface area contributed by atoms with Crippen LogP contribution >= 0.6 is 0 Å². The second-order valence-corrected chi connectivity index (χ2v) is 6.11. The van der Waals surface area contributed by atoms with Gasteiger partial charge in [0.1, 0.15) is 0 Å². The molecule has 2 aliphatic rings. The lowest BCUT2D eigenvalue weighted by molar-refractivity contribution is -0.125. The van der Waals surface area contributed by atoms with Gasteiger partial charge in [-0.05, 0) is 37.8 Å². The molecule has 19 heavy (non-hydrogen) atoms. The Hall–Kier alpha value is -1.10. The number of carbonyl (C=O) groups is 2. The predicted octanol–water partition coefficient (Wildman–Crippen LogP) is 0.265. The Morgan fingerprint density at radius 1 is 1.21 bits per heavy atom. The maximum atomic E-state index is 12.0. The van der Waals surface area contributed by atoms with Gasteiger partial charge in [0.15, 0.2) is 0 Å². The molecule has 1 atom stereocenters. The molecular formula is C14H25N3O2. The van der Waals surface area contributed by atoms with E-state index >= 15 is 0 Å². The average molecular weight is 267 g/mol. The monoisotopic (exact) mass is 267 g/mol. The van der Waals surface area contributed by atoms with Gasteiger partial charge in [-0.25, -0.2) is 0 Å². The zero-order valence-electron chi connectivity index (χ0n) is 11.9. The molecule has 0 radical (unpaired) electrons. The second-order valence-electron chi connectivity index (χ2n) is 6.11. The fraction of sp³-hybridized carbons (Fsp3) is 0.857. The van der Waals surface area contributed by atoms with Crippen molar-refractivity contribution < 1.29 is 9.59 Å². The predicted molar refractivity (Wildman–Crippen MR) is 73.5 cm³/mol. The molecule has 1 aliphatic carbocycles. The van der Waals surface area contributed by atoms with Gasteiger partial charge in [-0.3, -0.25) is 9.59 Å². The maximum absolute atomic E-state index is 12.0. The first kappa shape index (κ1) is 14.3. The van der Waals surface area contributed by atoms with E-state index in [4.69, 9.17) is 0 Å². The van der Waals surface area contributed by atoms with Crippen molar-refractivity contribution >= 4 is 11.8 Å². The number of amides is 2. The molecule has 3 N–H and O–H groups in total. The molecule has 0 aromatic rings. The van der Waals surface area contributed by atoms with Gasteiger partial charge in [0.25, 0.3) is 0 Å². The number of nitrogens with one attached hydrogen (secondary N) is 3. The van der Waals surface area contributed by atoms with Crippen molar-refractivity contribution in [3.63, 3.8) is 0 Å². The lowest BCUT2D eigenvalue weighted by atomic mass is 9.92. The minimum Gasteiger partial charge on any atom is -0.354 e. The molecule has 0 aromatic carbocycles. The molecule has 1 saturated heterocycles. The highest BCUT2D eigenvalue weighted by Gasteiger charge is 2.57. The van der Waals surface area contributed by atoms with E-state index in [1.807, 2.05) is 13.8 Å². The Kier molecular flexibility index (Phi) is 4.45. The molecule has 2 rings (SSSR count). The quantitative estimate of drug-likeness (QED) is 0.626. The van der Waals surface area contributed by atoms with Crippen molar-refractivity contribution in [3.05, 3.63) is 0 Å². The molecule has 2 amide bonds. The zero-order chi connectivity index (χ0) is 13.9. The molecule has 5 heteroatoms. The molecule has 1 heterocycles. The summed E-state index contributed by atoms with van der Waals surface area (Å²) in [5.41, 5.74) is 0.288. The van der Waals surface area contributed by atoms with Crippen molar-refractivity contribution in [1.82, 2.24) is 16.0 Å². The molecule has 0 aromatic heterocycles.